The maximum atomic E-state index is 13.3. The molecule has 10 heteroatoms. The van der Waals surface area contributed by atoms with Crippen molar-refractivity contribution in [1.29, 1.82) is 0 Å². The molecule has 3 aromatic rings. The summed E-state index contributed by atoms with van der Waals surface area (Å²) in [5.74, 6) is -0.485. The minimum absolute atomic E-state index is 0.0590. The summed E-state index contributed by atoms with van der Waals surface area (Å²) in [6.07, 6.45) is 2.63. The van der Waals surface area contributed by atoms with Crippen molar-refractivity contribution in [3.8, 4) is 5.75 Å². The van der Waals surface area contributed by atoms with E-state index in [2.05, 4.69) is 20.0 Å². The lowest BCUT2D eigenvalue weighted by molar-refractivity contribution is -0.149. The Bertz CT molecular complexity index is 1300. The molecule has 1 heterocycles. The summed E-state index contributed by atoms with van der Waals surface area (Å²) in [5.41, 5.74) is 0.845. The minimum Gasteiger partial charge on any atom is -0.508 e. The lowest BCUT2D eigenvalue weighted by atomic mass is 9.78. The van der Waals surface area contributed by atoms with Crippen LogP contribution < -0.4 is 10.0 Å². The molecule has 9 nitrogen and oxygen atoms in total. The van der Waals surface area contributed by atoms with Crippen LogP contribution in [0.15, 0.2) is 48.5 Å². The van der Waals surface area contributed by atoms with Gasteiger partial charge in [0.2, 0.25) is 10.0 Å². The molecule has 0 aliphatic heterocycles. The number of carbonyl (C=O) groups is 1. The first-order chi connectivity index (χ1) is 16.2. The van der Waals surface area contributed by atoms with Gasteiger partial charge in [-0.05, 0) is 56.9 Å². The Morgan fingerprint density at radius 1 is 1.00 bits per heavy atom. The van der Waals surface area contributed by atoms with Crippen LogP contribution in [-0.4, -0.2) is 39.8 Å². The summed E-state index contributed by atoms with van der Waals surface area (Å²) >= 11 is 0. The molecule has 1 aromatic heterocycles. The van der Waals surface area contributed by atoms with Crippen LogP contribution in [0.5, 0.6) is 5.75 Å². The van der Waals surface area contributed by atoms with Crippen molar-refractivity contribution in [2.75, 3.05) is 10.0 Å². The number of aromatic nitrogens is 2. The van der Waals surface area contributed by atoms with Crippen molar-refractivity contribution in [2.45, 2.75) is 50.7 Å². The predicted molar refractivity (Wildman–Crippen MR) is 131 cm³/mol. The van der Waals surface area contributed by atoms with E-state index in [1.165, 1.54) is 12.1 Å². The Balaban J connectivity index is 1.61. The van der Waals surface area contributed by atoms with E-state index < -0.39 is 26.7 Å². The number of nitrogens with one attached hydrogen (secondary N) is 2. The van der Waals surface area contributed by atoms with E-state index in [0.29, 0.717) is 55.2 Å². The van der Waals surface area contributed by atoms with Gasteiger partial charge < -0.3 is 15.5 Å². The standard InChI is InChI=1S/C24H28N4O5S/c1-24(23(30)31)13-5-9-18(10-6-14-24)34(32,33)28-22-21(25-16-7-4-8-17(29)15-16)26-19-11-2-3-12-20(19)27-22/h2-4,7-8,11-12,15,18,29H,5-6,9-10,13-14H2,1H3,(H,25,26)(H,27,28)(H,30,31). The number of phenols is 1. The monoisotopic (exact) mass is 484 g/mol. The zero-order valence-corrected chi connectivity index (χ0v) is 19.7. The largest absolute Gasteiger partial charge is 0.508 e. The van der Waals surface area contributed by atoms with Crippen molar-refractivity contribution in [3.05, 3.63) is 48.5 Å². The fourth-order valence-electron chi connectivity index (χ4n) is 4.33. The summed E-state index contributed by atoms with van der Waals surface area (Å²) in [5, 5.41) is 21.7. The third-order valence-corrected chi connectivity index (χ3v) is 8.21. The van der Waals surface area contributed by atoms with Crippen LogP contribution in [0.1, 0.15) is 45.4 Å². The molecule has 0 atom stereocenters. The molecular formula is C24H28N4O5S. The van der Waals surface area contributed by atoms with E-state index in [0.717, 1.165) is 0 Å². The number of hydrogen-bond acceptors (Lipinski definition) is 7. The van der Waals surface area contributed by atoms with E-state index >= 15 is 0 Å². The number of hydrogen-bond donors (Lipinski definition) is 4. The van der Waals surface area contributed by atoms with Crippen LogP contribution in [0.25, 0.3) is 11.0 Å². The number of anilines is 3. The molecule has 0 unspecified atom stereocenters. The van der Waals surface area contributed by atoms with E-state index in [9.17, 15) is 23.4 Å². The molecule has 2 aromatic carbocycles. The topological polar surface area (TPSA) is 142 Å². The summed E-state index contributed by atoms with van der Waals surface area (Å²) in [7, 11) is -3.81. The lowest BCUT2D eigenvalue weighted by Crippen LogP contribution is -2.34. The molecule has 180 valence electrons. The summed E-state index contributed by atoms with van der Waals surface area (Å²) < 4.78 is 29.3. The number of sulfonamides is 1. The van der Waals surface area contributed by atoms with Gasteiger partial charge in [0.05, 0.1) is 21.7 Å². The van der Waals surface area contributed by atoms with Crippen LogP contribution in [-0.2, 0) is 14.8 Å². The summed E-state index contributed by atoms with van der Waals surface area (Å²) in [4.78, 5) is 20.7. The Morgan fingerprint density at radius 2 is 1.62 bits per heavy atom. The van der Waals surface area contributed by atoms with Crippen molar-refractivity contribution in [1.82, 2.24) is 9.97 Å². The quantitative estimate of drug-likeness (QED) is 0.397. The molecule has 0 saturated heterocycles. The van der Waals surface area contributed by atoms with Crippen molar-refractivity contribution in [3.63, 3.8) is 0 Å². The highest BCUT2D eigenvalue weighted by molar-refractivity contribution is 7.93. The van der Waals surface area contributed by atoms with Crippen molar-refractivity contribution < 1.29 is 23.4 Å². The number of para-hydroxylation sites is 2. The maximum absolute atomic E-state index is 13.3. The number of carboxylic acids is 1. The van der Waals surface area contributed by atoms with Gasteiger partial charge in [-0.25, -0.2) is 18.4 Å². The van der Waals surface area contributed by atoms with Crippen molar-refractivity contribution >= 4 is 44.3 Å². The second kappa shape index (κ2) is 9.46. The Kier molecular flexibility index (Phi) is 6.60. The predicted octanol–water partition coefficient (Wildman–Crippen LogP) is 4.63. The molecule has 1 aliphatic rings. The van der Waals surface area contributed by atoms with Gasteiger partial charge in [0.1, 0.15) is 5.75 Å². The molecule has 0 bridgehead atoms. The maximum Gasteiger partial charge on any atom is 0.309 e. The van der Waals surface area contributed by atoms with Crippen LogP contribution in [0.2, 0.25) is 0 Å². The van der Waals surface area contributed by atoms with Gasteiger partial charge in [-0.15, -0.1) is 0 Å². The second-order valence-corrected chi connectivity index (χ2v) is 11.0. The molecule has 0 spiro atoms. The number of phenolic OH excluding ortho intramolecular Hbond substituents is 1. The number of carboxylic acid groups (broad SMARTS) is 1. The number of fused-ring (bicyclic) bond motifs is 1. The average Bonchev–Trinajstić information content (AvgIpc) is 2.76. The van der Waals surface area contributed by atoms with Gasteiger partial charge in [0.25, 0.3) is 0 Å². The third kappa shape index (κ3) is 5.22. The van der Waals surface area contributed by atoms with Crippen LogP contribution in [0, 0.1) is 5.41 Å². The van der Waals surface area contributed by atoms with Gasteiger partial charge in [0.15, 0.2) is 11.6 Å². The normalized spacial score (nSPS) is 21.4. The van der Waals surface area contributed by atoms with Crippen LogP contribution >= 0.6 is 0 Å². The molecule has 4 N–H and O–H groups in total. The second-order valence-electron chi connectivity index (χ2n) is 9.00. The smallest absolute Gasteiger partial charge is 0.309 e. The molecule has 1 saturated carbocycles. The molecule has 0 radical (unpaired) electrons. The third-order valence-electron chi connectivity index (χ3n) is 6.38. The van der Waals surface area contributed by atoms with Crippen molar-refractivity contribution in [2.24, 2.45) is 5.41 Å². The van der Waals surface area contributed by atoms with Gasteiger partial charge in [-0.3, -0.25) is 9.52 Å². The van der Waals surface area contributed by atoms with E-state index in [1.807, 2.05) is 6.07 Å². The van der Waals surface area contributed by atoms with Gasteiger partial charge >= 0.3 is 5.97 Å². The molecule has 1 fully saturated rings. The Labute approximate surface area is 198 Å². The zero-order valence-electron chi connectivity index (χ0n) is 18.9. The number of benzene rings is 2. The van der Waals surface area contributed by atoms with Gasteiger partial charge in [-0.1, -0.05) is 31.0 Å². The van der Waals surface area contributed by atoms with E-state index in [1.54, 1.807) is 37.3 Å². The number of aliphatic carboxylic acids is 1. The highest BCUT2D eigenvalue weighted by atomic mass is 32.2. The highest BCUT2D eigenvalue weighted by Crippen LogP contribution is 2.36. The van der Waals surface area contributed by atoms with Gasteiger partial charge in [0, 0.05) is 11.8 Å². The molecule has 1 aliphatic carbocycles. The minimum atomic E-state index is -3.81. The fourth-order valence-corrected chi connectivity index (χ4v) is 5.86. The average molecular weight is 485 g/mol. The molecule has 4 rings (SSSR count). The summed E-state index contributed by atoms with van der Waals surface area (Å²) in [6, 6.07) is 13.6. The first-order valence-electron chi connectivity index (χ1n) is 11.2. The lowest BCUT2D eigenvalue weighted by Gasteiger charge is -2.29. The SMILES string of the molecule is CC1(C(=O)O)CCCC(S(=O)(=O)Nc2nc3ccccc3nc2Nc2cccc(O)c2)CCC1. The van der Waals surface area contributed by atoms with E-state index in [4.69, 9.17) is 0 Å². The van der Waals surface area contributed by atoms with Crippen LogP contribution in [0.4, 0.5) is 17.3 Å². The molecule has 0 amide bonds. The highest BCUT2D eigenvalue weighted by Gasteiger charge is 2.36. The Morgan fingerprint density at radius 3 is 2.21 bits per heavy atom. The zero-order chi connectivity index (χ0) is 24.3. The summed E-state index contributed by atoms with van der Waals surface area (Å²) in [6.45, 7) is 1.73. The number of aromatic hydroxyl groups is 1. The Hall–Kier alpha value is -3.40. The number of nitrogens with zero attached hydrogens (tertiary/aromatic N) is 2. The van der Waals surface area contributed by atoms with E-state index in [-0.39, 0.29) is 17.4 Å². The fraction of sp³-hybridized carbons (Fsp3) is 0.375. The molecule has 34 heavy (non-hydrogen) atoms. The van der Waals surface area contributed by atoms with Gasteiger partial charge in [-0.2, -0.15) is 0 Å². The van der Waals surface area contributed by atoms with Crippen LogP contribution in [0.3, 0.4) is 0 Å². The first kappa shape index (κ1) is 23.7. The first-order valence-corrected chi connectivity index (χ1v) is 12.8. The molecular weight excluding hydrogens is 456 g/mol. The number of rotatable bonds is 6.